The van der Waals surface area contributed by atoms with Gasteiger partial charge in [0.15, 0.2) is 8.32 Å². The average Bonchev–Trinajstić information content (AvgIpc) is 4.08. The van der Waals surface area contributed by atoms with Crippen LogP contribution in [0.1, 0.15) is 97.4 Å². The zero-order valence-corrected chi connectivity index (χ0v) is 41.8. The van der Waals surface area contributed by atoms with Crippen molar-refractivity contribution in [3.63, 3.8) is 0 Å². The first-order chi connectivity index (χ1) is 30.9. The lowest BCUT2D eigenvalue weighted by atomic mass is 9.61. The van der Waals surface area contributed by atoms with Gasteiger partial charge in [0.05, 0.1) is 35.6 Å². The van der Waals surface area contributed by atoms with Crippen LogP contribution < -0.4 is 10.9 Å². The molecule has 5 heterocycles. The fraction of sp³-hybridized carbons (Fsp3) is 0.500. The molecule has 2 fully saturated rings. The summed E-state index contributed by atoms with van der Waals surface area (Å²) in [4.78, 5) is 32.0. The van der Waals surface area contributed by atoms with Gasteiger partial charge in [0.2, 0.25) is 11.2 Å². The summed E-state index contributed by atoms with van der Waals surface area (Å²) in [5, 5.41) is 36.3. The number of hydrogen-bond acceptors (Lipinski definition) is 12. The quantitative estimate of drug-likeness (QED) is 0.0578. The van der Waals surface area contributed by atoms with Crippen molar-refractivity contribution >= 4 is 82.1 Å². The van der Waals surface area contributed by atoms with Crippen LogP contribution in [0.15, 0.2) is 59.4 Å². The van der Waals surface area contributed by atoms with E-state index in [2.05, 4.69) is 65.0 Å². The fourth-order valence-electron chi connectivity index (χ4n) is 9.95. The Morgan fingerprint density at radius 1 is 1.00 bits per heavy atom. The van der Waals surface area contributed by atoms with Gasteiger partial charge in [-0.15, -0.1) is 27.8 Å². The molecular weight excluding hydrogens is 920 g/mol. The van der Waals surface area contributed by atoms with Crippen molar-refractivity contribution in [2.24, 2.45) is 5.41 Å². The molecule has 0 radical (unpaired) electrons. The number of aliphatic hydroxyl groups is 1. The SMILES string of the molecule is CC(C)(C)[Si](C)(C)OC(CNCc1cc2nnn(CCCN3CCC4(CC3)CC(OC(=O)C(O)(c3ccc(Cl)s3)c3ccc(Cl)s3)C4)c2c2c1CCC2)c1ccc(O)c2[nH]c(=O)ccc12. The number of phenolic OH excluding ortho intramolecular Hbond substituents is 1. The number of nitrogens with one attached hydrogen (secondary N) is 2. The number of hydrogen-bond donors (Lipinski definition) is 4. The highest BCUT2D eigenvalue weighted by Crippen LogP contribution is 2.52. The second kappa shape index (κ2) is 18.1. The molecule has 0 amide bonds. The lowest BCUT2D eigenvalue weighted by molar-refractivity contribution is -0.181. The van der Waals surface area contributed by atoms with Gasteiger partial charge in [-0.1, -0.05) is 55.3 Å². The first kappa shape index (κ1) is 46.5. The Morgan fingerprint density at radius 3 is 2.35 bits per heavy atom. The number of esters is 1. The van der Waals surface area contributed by atoms with Gasteiger partial charge in [0, 0.05) is 31.1 Å². The zero-order valence-electron chi connectivity index (χ0n) is 37.6. The highest BCUT2D eigenvalue weighted by molar-refractivity contribution is 7.18. The van der Waals surface area contributed by atoms with Gasteiger partial charge in [-0.3, -0.25) is 4.79 Å². The van der Waals surface area contributed by atoms with Crippen LogP contribution >= 0.6 is 45.9 Å². The van der Waals surface area contributed by atoms with E-state index in [1.165, 1.54) is 22.8 Å². The van der Waals surface area contributed by atoms with E-state index in [9.17, 15) is 19.8 Å². The summed E-state index contributed by atoms with van der Waals surface area (Å²) in [5.74, 6) is -0.637. The first-order valence-corrected chi connectivity index (χ1v) is 28.0. The largest absolute Gasteiger partial charge is 0.506 e. The summed E-state index contributed by atoms with van der Waals surface area (Å²) >= 11 is 14.7. The highest BCUT2D eigenvalue weighted by atomic mass is 35.5. The van der Waals surface area contributed by atoms with Gasteiger partial charge in [-0.05, 0) is 159 Å². The van der Waals surface area contributed by atoms with Crippen LogP contribution in [0, 0.1) is 5.41 Å². The number of aromatic amines is 1. The monoisotopic (exact) mass is 976 g/mol. The number of benzene rings is 2. The van der Waals surface area contributed by atoms with E-state index in [0.717, 1.165) is 122 Å². The van der Waals surface area contributed by atoms with Crippen LogP contribution in [-0.4, -0.2) is 81.7 Å². The molecule has 1 saturated carbocycles. The Bertz CT molecular complexity index is 2740. The van der Waals surface area contributed by atoms with Crippen molar-refractivity contribution < 1.29 is 24.2 Å². The molecule has 9 rings (SSSR count). The number of rotatable bonds is 15. The molecule has 65 heavy (non-hydrogen) atoms. The maximum atomic E-state index is 13.6. The summed E-state index contributed by atoms with van der Waals surface area (Å²) in [6.07, 6.45) is 7.29. The molecule has 346 valence electrons. The van der Waals surface area contributed by atoms with Crippen molar-refractivity contribution in [1.29, 1.82) is 0 Å². The number of aryl methyl sites for hydroxylation is 2. The summed E-state index contributed by atoms with van der Waals surface area (Å²) in [6, 6.07) is 15.8. The third kappa shape index (κ3) is 9.21. The summed E-state index contributed by atoms with van der Waals surface area (Å²) in [6.45, 7) is 16.2. The van der Waals surface area contributed by atoms with E-state index in [1.54, 1.807) is 36.4 Å². The molecule has 1 saturated heterocycles. The third-order valence-corrected chi connectivity index (χ3v) is 21.8. The summed E-state index contributed by atoms with van der Waals surface area (Å²) in [5.41, 5.74) is 5.41. The molecule has 6 aromatic rings. The number of aromatic hydroxyl groups is 1. The van der Waals surface area contributed by atoms with E-state index in [0.29, 0.717) is 37.0 Å². The van der Waals surface area contributed by atoms with Gasteiger partial charge in [-0.2, -0.15) is 0 Å². The van der Waals surface area contributed by atoms with Crippen LogP contribution in [0.3, 0.4) is 0 Å². The number of aromatic nitrogens is 4. The molecule has 4 N–H and O–H groups in total. The smallest absolute Gasteiger partial charge is 0.349 e. The van der Waals surface area contributed by atoms with Crippen LogP contribution in [0.5, 0.6) is 5.75 Å². The topological polar surface area (TPSA) is 155 Å². The Kier molecular flexibility index (Phi) is 12.9. The normalized spacial score (nSPS) is 17.5. The van der Waals surface area contributed by atoms with Gasteiger partial charge >= 0.3 is 5.97 Å². The van der Waals surface area contributed by atoms with Crippen LogP contribution in [0.25, 0.3) is 21.9 Å². The number of nitrogens with zero attached hydrogens (tertiary/aromatic N) is 4. The minimum atomic E-state index is -2.23. The number of carbonyl (C=O) groups excluding carboxylic acids is 1. The van der Waals surface area contributed by atoms with Crippen molar-refractivity contribution in [2.75, 3.05) is 26.2 Å². The standard InChI is InChI=1S/C48H58Cl2N6O6S2Si/c1-46(2,3)65(4,5)62-37(32-10-12-36(57)43-33(32)11-17-42(58)52-43)28-51-27-29-24-35-44(34-9-6-8-31(29)34)56(54-53-35)21-7-20-55-22-18-47(19-23-55)25-30(26-47)61-45(59)48(60,38-13-15-40(49)63-38)39-14-16-41(50)64-39/h10-17,24,30,37,51,57,60H,6-9,18-23,25-28H2,1-5H3,(H,52,58). The Morgan fingerprint density at radius 2 is 1.69 bits per heavy atom. The maximum absolute atomic E-state index is 13.6. The molecule has 0 bridgehead atoms. The molecule has 1 aliphatic heterocycles. The zero-order chi connectivity index (χ0) is 45.9. The van der Waals surface area contributed by atoms with E-state index in [-0.39, 0.29) is 34.0 Å². The molecule has 17 heteroatoms. The number of ether oxygens (including phenoxy) is 1. The molecule has 1 unspecified atom stereocenters. The highest BCUT2D eigenvalue weighted by Gasteiger charge is 2.51. The second-order valence-electron chi connectivity index (χ2n) is 19.9. The number of pyridine rings is 1. The Hall–Kier alpha value is -3.64. The van der Waals surface area contributed by atoms with Gasteiger partial charge in [0.25, 0.3) is 0 Å². The second-order valence-corrected chi connectivity index (χ2v) is 28.0. The van der Waals surface area contributed by atoms with Crippen LogP contribution in [0.4, 0.5) is 0 Å². The number of H-pyrrole nitrogens is 1. The molecule has 2 aliphatic carbocycles. The van der Waals surface area contributed by atoms with E-state index in [4.69, 9.17) is 37.5 Å². The van der Waals surface area contributed by atoms with E-state index < -0.39 is 19.9 Å². The molecule has 1 atom stereocenters. The molecule has 2 aromatic carbocycles. The number of likely N-dealkylation sites (tertiary alicyclic amines) is 1. The minimum absolute atomic E-state index is 0.0140. The lowest BCUT2D eigenvalue weighted by Gasteiger charge is -2.51. The first-order valence-electron chi connectivity index (χ1n) is 22.7. The third-order valence-electron chi connectivity index (χ3n) is 14.6. The van der Waals surface area contributed by atoms with E-state index >= 15 is 0 Å². The Balaban J connectivity index is 0.800. The van der Waals surface area contributed by atoms with Crippen molar-refractivity contribution in [1.82, 2.24) is 30.2 Å². The molecule has 1 spiro atoms. The number of thiophene rings is 2. The Labute approximate surface area is 398 Å². The van der Waals surface area contributed by atoms with Crippen molar-refractivity contribution in [3.8, 4) is 5.75 Å². The van der Waals surface area contributed by atoms with Gasteiger partial charge in [0.1, 0.15) is 17.4 Å². The number of carbonyl (C=O) groups is 1. The minimum Gasteiger partial charge on any atom is -0.506 e. The molecular formula is C48H58Cl2N6O6S2Si. The maximum Gasteiger partial charge on any atom is 0.349 e. The molecule has 4 aromatic heterocycles. The number of fused-ring (bicyclic) bond motifs is 4. The molecule has 3 aliphatic rings. The molecule has 12 nitrogen and oxygen atoms in total. The number of phenols is 1. The number of piperidine rings is 1. The average molecular weight is 978 g/mol. The van der Waals surface area contributed by atoms with Crippen molar-refractivity contribution in [2.45, 2.75) is 121 Å². The van der Waals surface area contributed by atoms with Crippen LogP contribution in [0.2, 0.25) is 26.8 Å². The predicted octanol–water partition coefficient (Wildman–Crippen LogP) is 9.86. The fourth-order valence-corrected chi connectivity index (χ4v) is 13.6. The summed E-state index contributed by atoms with van der Waals surface area (Å²) < 4.78 is 16.1. The van der Waals surface area contributed by atoms with Gasteiger partial charge < -0.3 is 34.6 Å². The van der Waals surface area contributed by atoms with Crippen molar-refractivity contribution in [3.05, 3.63) is 106 Å². The van der Waals surface area contributed by atoms with Crippen LogP contribution in [-0.2, 0) is 45.5 Å². The summed E-state index contributed by atoms with van der Waals surface area (Å²) in [7, 11) is -2.23. The van der Waals surface area contributed by atoms with Gasteiger partial charge in [-0.25, -0.2) is 9.48 Å². The predicted molar refractivity (Wildman–Crippen MR) is 262 cm³/mol. The lowest BCUT2D eigenvalue weighted by Crippen LogP contribution is -2.52. The number of halogens is 2. The van der Waals surface area contributed by atoms with E-state index in [1.807, 2.05) is 6.07 Å².